The zero-order valence-corrected chi connectivity index (χ0v) is 17.7. The van der Waals surface area contributed by atoms with Crippen LogP contribution in [0.25, 0.3) is 0 Å². The monoisotopic (exact) mass is 389 g/mol. The first-order chi connectivity index (χ1) is 13.5. The molecule has 0 atom stereocenters. The number of guanidine groups is 1. The van der Waals surface area contributed by atoms with Crippen molar-refractivity contribution < 1.29 is 9.59 Å². The van der Waals surface area contributed by atoms with Crippen LogP contribution in [-0.2, 0) is 11.3 Å². The molecule has 1 aromatic carbocycles. The predicted molar refractivity (Wildman–Crippen MR) is 114 cm³/mol. The molecule has 0 aromatic heterocycles. The van der Waals surface area contributed by atoms with Crippen molar-refractivity contribution >= 4 is 17.8 Å². The average molecular weight is 390 g/mol. The molecule has 0 saturated carbocycles. The van der Waals surface area contributed by atoms with Crippen molar-refractivity contribution in [2.45, 2.75) is 47.1 Å². The van der Waals surface area contributed by atoms with Crippen molar-refractivity contribution in [3.63, 3.8) is 0 Å². The molecule has 7 heteroatoms. The van der Waals surface area contributed by atoms with Gasteiger partial charge in [0.2, 0.25) is 5.91 Å². The molecule has 0 aliphatic heterocycles. The minimum atomic E-state index is -0.0624. The molecule has 0 bridgehead atoms. The molecule has 1 aromatic rings. The Bertz CT molecular complexity index is 641. The highest BCUT2D eigenvalue weighted by Gasteiger charge is 2.09. The molecule has 28 heavy (non-hydrogen) atoms. The molecular formula is C21H35N5O2. The van der Waals surface area contributed by atoms with E-state index in [4.69, 9.17) is 0 Å². The standard InChI is InChI=1S/C21H35N5O2/c1-5-13-23-20(28)18-11-9-10-17(15-18)16-25-21(22-6-2)24-14-12-19(27)26(7-3)8-4/h9-11,15H,5-8,12-14,16H2,1-4H3,(H,23,28)(H2,22,24,25). The number of carbonyl (C=O) groups is 2. The van der Waals surface area contributed by atoms with Crippen LogP contribution in [-0.4, -0.2) is 55.4 Å². The molecule has 0 aliphatic rings. The number of hydrogen-bond donors (Lipinski definition) is 3. The zero-order valence-electron chi connectivity index (χ0n) is 17.7. The van der Waals surface area contributed by atoms with Crippen molar-refractivity contribution in [1.82, 2.24) is 20.9 Å². The fraction of sp³-hybridized carbons (Fsp3) is 0.571. The lowest BCUT2D eigenvalue weighted by Gasteiger charge is -2.19. The quantitative estimate of drug-likeness (QED) is 0.400. The Balaban J connectivity index is 2.64. The van der Waals surface area contributed by atoms with Gasteiger partial charge in [-0.2, -0.15) is 0 Å². The summed E-state index contributed by atoms with van der Waals surface area (Å²) in [4.78, 5) is 30.6. The van der Waals surface area contributed by atoms with Gasteiger partial charge in [-0.25, -0.2) is 4.99 Å². The third-order valence-corrected chi connectivity index (χ3v) is 4.24. The summed E-state index contributed by atoms with van der Waals surface area (Å²) >= 11 is 0. The van der Waals surface area contributed by atoms with Crippen LogP contribution >= 0.6 is 0 Å². The van der Waals surface area contributed by atoms with E-state index < -0.39 is 0 Å². The van der Waals surface area contributed by atoms with Gasteiger partial charge in [0.1, 0.15) is 0 Å². The number of rotatable bonds is 11. The molecule has 0 fully saturated rings. The lowest BCUT2D eigenvalue weighted by Crippen LogP contribution is -2.40. The van der Waals surface area contributed by atoms with Crippen molar-refractivity contribution in [2.75, 3.05) is 32.7 Å². The SMILES string of the molecule is CCCNC(=O)c1cccc(CN=C(NCC)NCCC(=O)N(CC)CC)c1. The maximum atomic E-state index is 12.1. The van der Waals surface area contributed by atoms with Crippen LogP contribution in [0.5, 0.6) is 0 Å². The van der Waals surface area contributed by atoms with Crippen LogP contribution < -0.4 is 16.0 Å². The van der Waals surface area contributed by atoms with Crippen LogP contribution in [0.1, 0.15) is 56.5 Å². The first-order valence-corrected chi connectivity index (χ1v) is 10.2. The Hall–Kier alpha value is -2.57. The summed E-state index contributed by atoms with van der Waals surface area (Å²) in [5, 5.41) is 9.27. The number of nitrogens with one attached hydrogen (secondary N) is 3. The minimum absolute atomic E-state index is 0.0624. The Morgan fingerprint density at radius 1 is 1.00 bits per heavy atom. The molecule has 0 unspecified atom stereocenters. The van der Waals surface area contributed by atoms with Crippen LogP contribution in [0, 0.1) is 0 Å². The van der Waals surface area contributed by atoms with Crippen molar-refractivity contribution in [2.24, 2.45) is 4.99 Å². The zero-order chi connectivity index (χ0) is 20.8. The number of hydrogen-bond acceptors (Lipinski definition) is 3. The van der Waals surface area contributed by atoms with E-state index in [1.54, 1.807) is 6.07 Å². The van der Waals surface area contributed by atoms with Gasteiger partial charge in [0.05, 0.1) is 6.54 Å². The van der Waals surface area contributed by atoms with Crippen molar-refractivity contribution in [1.29, 1.82) is 0 Å². The van der Waals surface area contributed by atoms with Gasteiger partial charge >= 0.3 is 0 Å². The largest absolute Gasteiger partial charge is 0.357 e. The highest BCUT2D eigenvalue weighted by molar-refractivity contribution is 5.94. The topological polar surface area (TPSA) is 85.8 Å². The minimum Gasteiger partial charge on any atom is -0.357 e. The molecule has 0 aliphatic carbocycles. The third kappa shape index (κ3) is 8.41. The number of carbonyl (C=O) groups excluding carboxylic acids is 2. The summed E-state index contributed by atoms with van der Waals surface area (Å²) in [6, 6.07) is 7.49. The van der Waals surface area contributed by atoms with Crippen molar-refractivity contribution in [3.8, 4) is 0 Å². The molecule has 0 radical (unpaired) electrons. The van der Waals surface area contributed by atoms with Crippen LogP contribution in [0.2, 0.25) is 0 Å². The summed E-state index contributed by atoms with van der Waals surface area (Å²) in [5.74, 6) is 0.738. The van der Waals surface area contributed by atoms with Gasteiger partial charge in [0, 0.05) is 44.7 Å². The van der Waals surface area contributed by atoms with E-state index in [9.17, 15) is 9.59 Å². The Morgan fingerprint density at radius 2 is 1.75 bits per heavy atom. The molecule has 156 valence electrons. The summed E-state index contributed by atoms with van der Waals surface area (Å²) in [6.45, 7) is 11.8. The molecule has 3 N–H and O–H groups in total. The summed E-state index contributed by atoms with van der Waals surface area (Å²) < 4.78 is 0. The Labute approximate surface area is 169 Å². The second-order valence-electron chi connectivity index (χ2n) is 6.39. The van der Waals surface area contributed by atoms with Gasteiger partial charge in [-0.1, -0.05) is 19.1 Å². The van der Waals surface area contributed by atoms with E-state index in [2.05, 4.69) is 20.9 Å². The van der Waals surface area contributed by atoms with Gasteiger partial charge in [-0.3, -0.25) is 9.59 Å². The van der Waals surface area contributed by atoms with E-state index in [1.165, 1.54) is 0 Å². The molecule has 2 amide bonds. The summed E-state index contributed by atoms with van der Waals surface area (Å²) in [6.07, 6.45) is 1.34. The van der Waals surface area contributed by atoms with E-state index >= 15 is 0 Å². The third-order valence-electron chi connectivity index (χ3n) is 4.24. The van der Waals surface area contributed by atoms with E-state index in [1.807, 2.05) is 50.8 Å². The van der Waals surface area contributed by atoms with Crippen LogP contribution in [0.3, 0.4) is 0 Å². The molecule has 1 rings (SSSR count). The van der Waals surface area contributed by atoms with E-state index in [0.29, 0.717) is 37.6 Å². The highest BCUT2D eigenvalue weighted by Crippen LogP contribution is 2.07. The average Bonchev–Trinajstić information content (AvgIpc) is 2.71. The first-order valence-electron chi connectivity index (χ1n) is 10.2. The van der Waals surface area contributed by atoms with Gasteiger partial charge in [0.15, 0.2) is 5.96 Å². The number of benzene rings is 1. The maximum absolute atomic E-state index is 12.1. The second kappa shape index (κ2) is 13.6. The van der Waals surface area contributed by atoms with Gasteiger partial charge in [-0.05, 0) is 44.9 Å². The van der Waals surface area contributed by atoms with E-state index in [0.717, 1.165) is 31.6 Å². The normalized spacial score (nSPS) is 11.1. The van der Waals surface area contributed by atoms with Crippen LogP contribution in [0.15, 0.2) is 29.3 Å². The molecule has 0 heterocycles. The molecule has 0 spiro atoms. The highest BCUT2D eigenvalue weighted by atomic mass is 16.2. The van der Waals surface area contributed by atoms with E-state index in [-0.39, 0.29) is 11.8 Å². The number of nitrogens with zero attached hydrogens (tertiary/aromatic N) is 2. The molecular weight excluding hydrogens is 354 g/mol. The fourth-order valence-electron chi connectivity index (χ4n) is 2.69. The molecule has 0 saturated heterocycles. The van der Waals surface area contributed by atoms with Gasteiger partial charge < -0.3 is 20.9 Å². The lowest BCUT2D eigenvalue weighted by molar-refractivity contribution is -0.130. The van der Waals surface area contributed by atoms with Gasteiger partial charge in [0.25, 0.3) is 5.91 Å². The summed E-state index contributed by atoms with van der Waals surface area (Å²) in [7, 11) is 0. The lowest BCUT2D eigenvalue weighted by atomic mass is 10.1. The second-order valence-corrected chi connectivity index (χ2v) is 6.39. The Morgan fingerprint density at radius 3 is 2.39 bits per heavy atom. The summed E-state index contributed by atoms with van der Waals surface area (Å²) in [5.41, 5.74) is 1.60. The molecule has 7 nitrogen and oxygen atoms in total. The first kappa shape index (κ1) is 23.5. The van der Waals surface area contributed by atoms with Crippen molar-refractivity contribution in [3.05, 3.63) is 35.4 Å². The number of aliphatic imine (C=N–C) groups is 1. The smallest absolute Gasteiger partial charge is 0.251 e. The van der Waals surface area contributed by atoms with Gasteiger partial charge in [-0.15, -0.1) is 0 Å². The predicted octanol–water partition coefficient (Wildman–Crippen LogP) is 2.14. The fourth-order valence-corrected chi connectivity index (χ4v) is 2.69. The maximum Gasteiger partial charge on any atom is 0.251 e. The van der Waals surface area contributed by atoms with Crippen LogP contribution in [0.4, 0.5) is 0 Å². The Kier molecular flexibility index (Phi) is 11.4. The number of amides is 2.